The fraction of sp³-hybridized carbons (Fsp3) is 0.312. The molecule has 0 atom stereocenters. The van der Waals surface area contributed by atoms with Crippen LogP contribution in [0.1, 0.15) is 21.7 Å². The molecule has 0 radical (unpaired) electrons. The lowest BCUT2D eigenvalue weighted by Gasteiger charge is -2.28. The maximum absolute atomic E-state index is 12.3. The van der Waals surface area contributed by atoms with Gasteiger partial charge >= 0.3 is 11.8 Å². The molecule has 6 heteroatoms. The number of amides is 2. The van der Waals surface area contributed by atoms with Crippen LogP contribution in [0.4, 0.5) is 5.13 Å². The van der Waals surface area contributed by atoms with Crippen LogP contribution < -0.4 is 5.32 Å². The average molecular weight is 315 g/mol. The zero-order valence-corrected chi connectivity index (χ0v) is 13.4. The number of hydrogen-bond donors (Lipinski definition) is 1. The highest BCUT2D eigenvalue weighted by molar-refractivity contribution is 7.15. The van der Waals surface area contributed by atoms with Gasteiger partial charge in [-0.3, -0.25) is 14.9 Å². The van der Waals surface area contributed by atoms with Gasteiger partial charge in [0.2, 0.25) is 0 Å². The Hall–Kier alpha value is -2.21. The van der Waals surface area contributed by atoms with Crippen LogP contribution in [0.2, 0.25) is 0 Å². The van der Waals surface area contributed by atoms with E-state index < -0.39 is 11.8 Å². The molecule has 1 aromatic heterocycles. The summed E-state index contributed by atoms with van der Waals surface area (Å²) in [5.41, 5.74) is 3.23. The summed E-state index contributed by atoms with van der Waals surface area (Å²) in [7, 11) is 0. The molecule has 0 aliphatic carbocycles. The van der Waals surface area contributed by atoms with Gasteiger partial charge in [0.05, 0.1) is 5.69 Å². The number of thiazole rings is 1. The van der Waals surface area contributed by atoms with Crippen molar-refractivity contribution in [2.24, 2.45) is 0 Å². The zero-order valence-electron chi connectivity index (χ0n) is 12.5. The molecule has 1 N–H and O–H groups in total. The Kier molecular flexibility index (Phi) is 3.94. The molecule has 3 rings (SSSR count). The predicted molar refractivity (Wildman–Crippen MR) is 85.8 cm³/mol. The Morgan fingerprint density at radius 1 is 1.23 bits per heavy atom. The fourth-order valence-electron chi connectivity index (χ4n) is 2.49. The topological polar surface area (TPSA) is 62.3 Å². The van der Waals surface area contributed by atoms with E-state index in [1.165, 1.54) is 16.9 Å². The lowest BCUT2D eigenvalue weighted by molar-refractivity contribution is -0.143. The quantitative estimate of drug-likeness (QED) is 0.821. The number of fused-ring (bicyclic) bond motifs is 1. The number of aryl methyl sites for hydroxylation is 2. The normalized spacial score (nSPS) is 13.6. The predicted octanol–water partition coefficient (Wildman–Crippen LogP) is 2.28. The van der Waals surface area contributed by atoms with Crippen molar-refractivity contribution in [3.63, 3.8) is 0 Å². The molecular weight excluding hydrogens is 298 g/mol. The van der Waals surface area contributed by atoms with Crippen molar-refractivity contribution < 1.29 is 9.59 Å². The van der Waals surface area contributed by atoms with Crippen LogP contribution in [0, 0.1) is 13.8 Å². The molecule has 0 unspecified atom stereocenters. The van der Waals surface area contributed by atoms with E-state index in [1.54, 1.807) is 4.90 Å². The van der Waals surface area contributed by atoms with Crippen LogP contribution >= 0.6 is 11.3 Å². The van der Waals surface area contributed by atoms with E-state index in [9.17, 15) is 9.59 Å². The summed E-state index contributed by atoms with van der Waals surface area (Å²) in [5.74, 6) is -1.12. The molecule has 2 amide bonds. The molecule has 1 aliphatic rings. The molecule has 22 heavy (non-hydrogen) atoms. The van der Waals surface area contributed by atoms with Gasteiger partial charge in [0.15, 0.2) is 5.13 Å². The Bertz CT molecular complexity index is 719. The maximum Gasteiger partial charge on any atom is 0.315 e. The number of aromatic nitrogens is 1. The Labute approximate surface area is 133 Å². The average Bonchev–Trinajstić information content (AvgIpc) is 2.84. The number of nitrogens with one attached hydrogen (secondary N) is 1. The second-order valence-corrected chi connectivity index (χ2v) is 6.56. The molecule has 0 bridgehead atoms. The van der Waals surface area contributed by atoms with Gasteiger partial charge in [0, 0.05) is 18.0 Å². The molecule has 0 saturated heterocycles. The monoisotopic (exact) mass is 315 g/mol. The van der Waals surface area contributed by atoms with Crippen molar-refractivity contribution >= 4 is 28.3 Å². The van der Waals surface area contributed by atoms with Gasteiger partial charge in [-0.15, -0.1) is 11.3 Å². The van der Waals surface area contributed by atoms with Crippen LogP contribution in [0.5, 0.6) is 0 Å². The third-order valence-corrected chi connectivity index (χ3v) is 4.85. The molecule has 2 heterocycles. The third-order valence-electron chi connectivity index (χ3n) is 3.86. The smallest absolute Gasteiger partial charge is 0.315 e. The summed E-state index contributed by atoms with van der Waals surface area (Å²) >= 11 is 1.38. The van der Waals surface area contributed by atoms with Crippen LogP contribution in [-0.2, 0) is 22.6 Å². The Morgan fingerprint density at radius 2 is 1.95 bits per heavy atom. The van der Waals surface area contributed by atoms with E-state index in [1.807, 2.05) is 32.0 Å². The van der Waals surface area contributed by atoms with E-state index in [0.717, 1.165) is 22.6 Å². The molecule has 0 fully saturated rings. The first-order valence-corrected chi connectivity index (χ1v) is 7.97. The Balaban J connectivity index is 1.68. The number of hydrogen-bond acceptors (Lipinski definition) is 4. The van der Waals surface area contributed by atoms with E-state index in [4.69, 9.17) is 0 Å². The van der Waals surface area contributed by atoms with Gasteiger partial charge in [-0.1, -0.05) is 24.3 Å². The molecule has 5 nitrogen and oxygen atoms in total. The van der Waals surface area contributed by atoms with E-state index in [2.05, 4.69) is 16.4 Å². The van der Waals surface area contributed by atoms with Crippen LogP contribution in [0.15, 0.2) is 24.3 Å². The number of rotatable bonds is 1. The lowest BCUT2D eigenvalue weighted by Crippen LogP contribution is -2.42. The third kappa shape index (κ3) is 2.87. The van der Waals surface area contributed by atoms with Crippen LogP contribution in [0.3, 0.4) is 0 Å². The molecule has 114 valence electrons. The van der Waals surface area contributed by atoms with Gasteiger partial charge in [-0.2, -0.15) is 0 Å². The first kappa shape index (κ1) is 14.7. The highest BCUT2D eigenvalue weighted by Crippen LogP contribution is 2.22. The summed E-state index contributed by atoms with van der Waals surface area (Å²) < 4.78 is 0. The van der Waals surface area contributed by atoms with Crippen LogP contribution in [0.25, 0.3) is 0 Å². The second-order valence-electron chi connectivity index (χ2n) is 5.36. The molecule has 0 saturated carbocycles. The molecule has 0 spiro atoms. The minimum Gasteiger partial charge on any atom is -0.330 e. The molecule has 1 aromatic carbocycles. The van der Waals surface area contributed by atoms with Gasteiger partial charge in [-0.25, -0.2) is 4.98 Å². The van der Waals surface area contributed by atoms with Crippen molar-refractivity contribution in [3.05, 3.63) is 46.0 Å². The van der Waals surface area contributed by atoms with E-state index >= 15 is 0 Å². The van der Waals surface area contributed by atoms with E-state index in [0.29, 0.717) is 18.2 Å². The second kappa shape index (κ2) is 5.88. The van der Waals surface area contributed by atoms with Gasteiger partial charge < -0.3 is 4.90 Å². The number of benzene rings is 1. The van der Waals surface area contributed by atoms with Crippen molar-refractivity contribution in [2.75, 3.05) is 11.9 Å². The minimum absolute atomic E-state index is 0.478. The first-order valence-electron chi connectivity index (χ1n) is 7.15. The highest BCUT2D eigenvalue weighted by atomic mass is 32.1. The molecular formula is C16H17N3O2S. The van der Waals surface area contributed by atoms with Crippen molar-refractivity contribution in [1.82, 2.24) is 9.88 Å². The van der Waals surface area contributed by atoms with Crippen molar-refractivity contribution in [1.29, 1.82) is 0 Å². The number of anilines is 1. The number of carbonyl (C=O) groups is 2. The molecule has 1 aliphatic heterocycles. The van der Waals surface area contributed by atoms with E-state index in [-0.39, 0.29) is 0 Å². The Morgan fingerprint density at radius 3 is 2.64 bits per heavy atom. The largest absolute Gasteiger partial charge is 0.330 e. The summed E-state index contributed by atoms with van der Waals surface area (Å²) in [5, 5.41) is 3.08. The summed E-state index contributed by atoms with van der Waals surface area (Å²) in [6, 6.07) is 8.02. The van der Waals surface area contributed by atoms with Gasteiger partial charge in [-0.05, 0) is 31.4 Å². The lowest BCUT2D eigenvalue weighted by atomic mass is 10.00. The first-order chi connectivity index (χ1) is 10.5. The summed E-state index contributed by atoms with van der Waals surface area (Å²) in [6.07, 6.45) is 0.782. The van der Waals surface area contributed by atoms with Crippen molar-refractivity contribution in [2.45, 2.75) is 26.8 Å². The zero-order chi connectivity index (χ0) is 15.7. The standard InChI is InChI=1S/C16H17N3O2S/c1-10-11(2)22-16(17-10)18-14(20)15(21)19-8-7-12-5-3-4-6-13(12)9-19/h3-6H,7-9H2,1-2H3,(H,17,18,20). The van der Waals surface area contributed by atoms with Gasteiger partial charge in [0.25, 0.3) is 0 Å². The molecule has 2 aromatic rings. The maximum atomic E-state index is 12.3. The van der Waals surface area contributed by atoms with Crippen molar-refractivity contribution in [3.8, 4) is 0 Å². The summed E-state index contributed by atoms with van der Waals surface area (Å²) in [6.45, 7) is 4.87. The minimum atomic E-state index is -0.617. The SMILES string of the molecule is Cc1nc(NC(=O)C(=O)N2CCc3ccccc3C2)sc1C. The fourth-order valence-corrected chi connectivity index (χ4v) is 3.30. The van der Waals surface area contributed by atoms with Crippen LogP contribution in [-0.4, -0.2) is 28.2 Å². The highest BCUT2D eigenvalue weighted by Gasteiger charge is 2.26. The van der Waals surface area contributed by atoms with Gasteiger partial charge in [0.1, 0.15) is 0 Å². The summed E-state index contributed by atoms with van der Waals surface area (Å²) in [4.78, 5) is 31.3. The number of nitrogens with zero attached hydrogens (tertiary/aromatic N) is 2. The number of carbonyl (C=O) groups excluding carboxylic acids is 2.